The quantitative estimate of drug-likeness (QED) is 0.519. The Labute approximate surface area is 166 Å². The topological polar surface area (TPSA) is 106 Å². The number of ether oxygens (including phenoxy) is 3. The maximum Gasteiger partial charge on any atom is 0.408 e. The lowest BCUT2D eigenvalue weighted by molar-refractivity contribution is -0.143. The lowest BCUT2D eigenvalue weighted by Gasteiger charge is -2.23. The molecule has 0 aliphatic carbocycles. The first-order chi connectivity index (χ1) is 13.1. The Morgan fingerprint density at radius 3 is 2.29 bits per heavy atom. The number of amides is 1. The van der Waals surface area contributed by atoms with E-state index >= 15 is 0 Å². The minimum atomic E-state index is -0.879. The van der Waals surface area contributed by atoms with Crippen molar-refractivity contribution in [3.63, 3.8) is 0 Å². The summed E-state index contributed by atoms with van der Waals surface area (Å²) in [4.78, 5) is 23.8. The van der Waals surface area contributed by atoms with E-state index < -0.39 is 29.8 Å². The van der Waals surface area contributed by atoms with E-state index in [-0.39, 0.29) is 6.42 Å². The summed E-state index contributed by atoms with van der Waals surface area (Å²) in [6, 6.07) is 6.75. The van der Waals surface area contributed by atoms with Crippen LogP contribution in [0.5, 0.6) is 5.75 Å². The molecule has 0 heterocycles. The van der Waals surface area contributed by atoms with Crippen molar-refractivity contribution in [1.29, 1.82) is 0 Å². The molecule has 0 aromatic heterocycles. The Kier molecular flexibility index (Phi) is 9.75. The molecule has 0 spiro atoms. The minimum Gasteiger partial charge on any atom is -0.497 e. The van der Waals surface area contributed by atoms with E-state index in [0.717, 1.165) is 11.3 Å². The van der Waals surface area contributed by atoms with E-state index in [1.165, 1.54) is 7.11 Å². The molecule has 0 aliphatic rings. The Balaban J connectivity index is 2.41. The van der Waals surface area contributed by atoms with Gasteiger partial charge in [0, 0.05) is 13.1 Å². The zero-order chi connectivity index (χ0) is 21.2. The number of benzene rings is 1. The van der Waals surface area contributed by atoms with Crippen LogP contribution >= 0.6 is 0 Å². The molecule has 8 heteroatoms. The average Bonchev–Trinajstić information content (AvgIpc) is 2.63. The summed E-state index contributed by atoms with van der Waals surface area (Å²) in [5, 5.41) is 15.8. The van der Waals surface area contributed by atoms with E-state index in [2.05, 4.69) is 10.6 Å². The van der Waals surface area contributed by atoms with Crippen molar-refractivity contribution < 1.29 is 28.9 Å². The van der Waals surface area contributed by atoms with Crippen LogP contribution in [0.4, 0.5) is 4.79 Å². The average molecular weight is 396 g/mol. The molecule has 28 heavy (non-hydrogen) atoms. The number of carbonyl (C=O) groups is 2. The highest BCUT2D eigenvalue weighted by atomic mass is 16.6. The first-order valence-electron chi connectivity index (χ1n) is 9.23. The summed E-state index contributed by atoms with van der Waals surface area (Å²) in [6.45, 7) is 6.15. The van der Waals surface area contributed by atoms with Crippen molar-refractivity contribution in [3.8, 4) is 5.75 Å². The molecule has 8 nitrogen and oxygen atoms in total. The number of carbonyl (C=O) groups excluding carboxylic acids is 2. The molecule has 1 rings (SSSR count). The van der Waals surface area contributed by atoms with Gasteiger partial charge in [-0.25, -0.2) is 9.59 Å². The number of hydrogen-bond acceptors (Lipinski definition) is 7. The zero-order valence-corrected chi connectivity index (χ0v) is 17.3. The normalized spacial score (nSPS) is 13.4. The number of esters is 1. The highest BCUT2D eigenvalue weighted by Crippen LogP contribution is 2.11. The van der Waals surface area contributed by atoms with Crippen LogP contribution in [0.2, 0.25) is 0 Å². The molecule has 1 aromatic rings. The number of aliphatic hydroxyl groups excluding tert-OH is 1. The van der Waals surface area contributed by atoms with Crippen LogP contribution in [-0.4, -0.2) is 55.7 Å². The van der Waals surface area contributed by atoms with Gasteiger partial charge in [0.1, 0.15) is 17.4 Å². The zero-order valence-electron chi connectivity index (χ0n) is 17.3. The molecule has 0 saturated carbocycles. The summed E-state index contributed by atoms with van der Waals surface area (Å²) >= 11 is 0. The smallest absolute Gasteiger partial charge is 0.408 e. The summed E-state index contributed by atoms with van der Waals surface area (Å²) in [7, 11) is 2.86. The van der Waals surface area contributed by atoms with Gasteiger partial charge in [-0.3, -0.25) is 0 Å². The van der Waals surface area contributed by atoms with Crippen molar-refractivity contribution in [3.05, 3.63) is 29.8 Å². The third kappa shape index (κ3) is 9.57. The molecule has 1 aromatic carbocycles. The molecule has 1 amide bonds. The second-order valence-electron chi connectivity index (χ2n) is 7.43. The lowest BCUT2D eigenvalue weighted by atomic mass is 10.1. The molecule has 3 N–H and O–H groups in total. The molecule has 0 aliphatic heterocycles. The van der Waals surface area contributed by atoms with Gasteiger partial charge in [-0.05, 0) is 51.3 Å². The number of aliphatic hydroxyl groups is 1. The molecule has 0 radical (unpaired) electrons. The minimum absolute atomic E-state index is 0.233. The molecule has 0 saturated heterocycles. The third-order valence-corrected chi connectivity index (χ3v) is 3.83. The highest BCUT2D eigenvalue weighted by Gasteiger charge is 2.25. The van der Waals surface area contributed by atoms with Crippen LogP contribution in [-0.2, 0) is 20.8 Å². The fraction of sp³-hybridized carbons (Fsp3) is 0.600. The van der Waals surface area contributed by atoms with Crippen molar-refractivity contribution in [2.24, 2.45) is 0 Å². The van der Waals surface area contributed by atoms with Gasteiger partial charge in [-0.1, -0.05) is 12.1 Å². The number of nitrogens with one attached hydrogen (secondary N) is 2. The van der Waals surface area contributed by atoms with Gasteiger partial charge in [0.2, 0.25) is 0 Å². The summed E-state index contributed by atoms with van der Waals surface area (Å²) in [6.07, 6.45) is -0.830. The van der Waals surface area contributed by atoms with Gasteiger partial charge >= 0.3 is 12.1 Å². The van der Waals surface area contributed by atoms with Crippen LogP contribution in [0.3, 0.4) is 0 Å². The van der Waals surface area contributed by atoms with Gasteiger partial charge in [0.15, 0.2) is 0 Å². The van der Waals surface area contributed by atoms with E-state index in [4.69, 9.17) is 14.2 Å². The lowest BCUT2D eigenvalue weighted by Crippen LogP contribution is -2.44. The Morgan fingerprint density at radius 1 is 1.11 bits per heavy atom. The number of alkyl carbamates (subject to hydrolysis) is 1. The van der Waals surface area contributed by atoms with Crippen molar-refractivity contribution in [2.75, 3.05) is 20.8 Å². The van der Waals surface area contributed by atoms with Crippen molar-refractivity contribution >= 4 is 12.1 Å². The van der Waals surface area contributed by atoms with Crippen LogP contribution in [0.1, 0.15) is 39.2 Å². The van der Waals surface area contributed by atoms with Crippen LogP contribution < -0.4 is 15.4 Å². The van der Waals surface area contributed by atoms with Crippen molar-refractivity contribution in [1.82, 2.24) is 10.6 Å². The molecule has 0 bridgehead atoms. The van der Waals surface area contributed by atoms with Gasteiger partial charge in [-0.2, -0.15) is 0 Å². The third-order valence-electron chi connectivity index (χ3n) is 3.83. The summed E-state index contributed by atoms with van der Waals surface area (Å²) < 4.78 is 15.0. The molecular weight excluding hydrogens is 364 g/mol. The van der Waals surface area contributed by atoms with E-state index in [1.54, 1.807) is 27.9 Å². The van der Waals surface area contributed by atoms with Crippen LogP contribution in [0.15, 0.2) is 24.3 Å². The summed E-state index contributed by atoms with van der Waals surface area (Å²) in [5.41, 5.74) is 0.391. The second kappa shape index (κ2) is 11.5. The highest BCUT2D eigenvalue weighted by molar-refractivity contribution is 5.81. The summed E-state index contributed by atoms with van der Waals surface area (Å²) in [5.74, 6) is 0.208. The number of hydrogen-bond donors (Lipinski definition) is 3. The van der Waals surface area contributed by atoms with Crippen LogP contribution in [0, 0.1) is 0 Å². The van der Waals surface area contributed by atoms with E-state index in [0.29, 0.717) is 19.5 Å². The van der Waals surface area contributed by atoms with E-state index in [9.17, 15) is 14.7 Å². The molecule has 2 atom stereocenters. The maximum absolute atomic E-state index is 11.9. The van der Waals surface area contributed by atoms with E-state index in [1.807, 2.05) is 24.3 Å². The second-order valence-corrected chi connectivity index (χ2v) is 7.43. The molecule has 0 fully saturated rings. The maximum atomic E-state index is 11.9. The predicted molar refractivity (Wildman–Crippen MR) is 105 cm³/mol. The Bertz CT molecular complexity index is 612. The van der Waals surface area contributed by atoms with Gasteiger partial charge in [0.25, 0.3) is 0 Å². The SMILES string of the molecule is COC(=O)[C@H](CCC(O)CNCc1ccc(OC)cc1)NC(=O)OC(C)(C)C. The molecular formula is C20H32N2O6. The van der Waals surface area contributed by atoms with Gasteiger partial charge in [0.05, 0.1) is 20.3 Å². The van der Waals surface area contributed by atoms with Crippen LogP contribution in [0.25, 0.3) is 0 Å². The van der Waals surface area contributed by atoms with Gasteiger partial charge < -0.3 is 30.0 Å². The van der Waals surface area contributed by atoms with Gasteiger partial charge in [-0.15, -0.1) is 0 Å². The fourth-order valence-corrected chi connectivity index (χ4v) is 2.43. The number of rotatable bonds is 10. The first kappa shape index (κ1) is 23.7. The standard InChI is InChI=1S/C20H32N2O6/c1-20(2,3)28-19(25)22-17(18(24)27-5)11-8-15(23)13-21-12-14-6-9-16(26-4)10-7-14/h6-7,9-10,15,17,21,23H,8,11-13H2,1-5H3,(H,22,25)/t15?,17-/m0/s1. The Hall–Kier alpha value is -2.32. The predicted octanol–water partition coefficient (Wildman–Crippen LogP) is 1.99. The monoisotopic (exact) mass is 396 g/mol. The first-order valence-corrected chi connectivity index (χ1v) is 9.23. The Morgan fingerprint density at radius 2 is 1.75 bits per heavy atom. The largest absolute Gasteiger partial charge is 0.497 e. The van der Waals surface area contributed by atoms with Crippen molar-refractivity contribution in [2.45, 2.75) is 57.9 Å². The molecule has 158 valence electrons. The number of methoxy groups -OCH3 is 2. The molecule has 1 unspecified atom stereocenters. The fourth-order valence-electron chi connectivity index (χ4n) is 2.43.